The van der Waals surface area contributed by atoms with Gasteiger partial charge in [0.25, 0.3) is 11.4 Å². The van der Waals surface area contributed by atoms with Gasteiger partial charge < -0.3 is 10.8 Å². The number of nitro groups is 3. The van der Waals surface area contributed by atoms with Crippen molar-refractivity contribution >= 4 is 17.1 Å². The van der Waals surface area contributed by atoms with Crippen LogP contribution in [0.3, 0.4) is 0 Å². The van der Waals surface area contributed by atoms with E-state index in [1.165, 1.54) is 32.1 Å². The lowest BCUT2D eigenvalue weighted by Gasteiger charge is -2.27. The van der Waals surface area contributed by atoms with E-state index in [1.54, 1.807) is 0 Å². The van der Waals surface area contributed by atoms with Crippen LogP contribution >= 0.6 is 0 Å². The third kappa shape index (κ3) is 5.35. The number of benzene rings is 1. The van der Waals surface area contributed by atoms with E-state index in [-0.39, 0.29) is 0 Å². The first-order valence-corrected chi connectivity index (χ1v) is 7.74. The van der Waals surface area contributed by atoms with Crippen LogP contribution in [0.4, 0.5) is 17.1 Å². The van der Waals surface area contributed by atoms with Gasteiger partial charge in [0.15, 0.2) is 0 Å². The summed E-state index contributed by atoms with van der Waals surface area (Å²) in [6.07, 6.45) is 6.68. The van der Waals surface area contributed by atoms with E-state index in [4.69, 9.17) is 10.8 Å². The smallest absolute Gasteiger partial charge is 0.324 e. The molecule has 2 atom stereocenters. The number of phenolic OH excluding ortho intramolecular Hbond substituents is 1. The van der Waals surface area contributed by atoms with Gasteiger partial charge in [-0.05, 0) is 18.8 Å². The molecule has 1 fully saturated rings. The summed E-state index contributed by atoms with van der Waals surface area (Å²) in [5.74, 6) is -0.376. The predicted molar refractivity (Wildman–Crippen MR) is 88.3 cm³/mol. The minimum Gasteiger partial charge on any atom is -0.497 e. The molecule has 0 spiro atoms. The van der Waals surface area contributed by atoms with Gasteiger partial charge in [0.05, 0.1) is 26.9 Å². The number of rotatable bonds is 4. The molecule has 1 aromatic carbocycles. The first-order chi connectivity index (χ1) is 11.7. The molecule has 1 aliphatic carbocycles. The normalized spacial score (nSPS) is 19.4. The molecule has 1 aliphatic rings. The summed E-state index contributed by atoms with van der Waals surface area (Å²) >= 11 is 0. The Bertz CT molecular complexity index is 630. The molecule has 11 heteroatoms. The van der Waals surface area contributed by atoms with Crippen LogP contribution in [0.25, 0.3) is 0 Å². The average molecular weight is 356 g/mol. The molecule has 0 aliphatic heterocycles. The van der Waals surface area contributed by atoms with E-state index >= 15 is 0 Å². The molecule has 1 saturated carbocycles. The number of hydrogen-bond donors (Lipinski definition) is 2. The molecule has 0 saturated heterocycles. The predicted octanol–water partition coefficient (Wildman–Crippen LogP) is 3.03. The Kier molecular flexibility index (Phi) is 7.18. The minimum absolute atomic E-state index is 0.447. The highest BCUT2D eigenvalue weighted by molar-refractivity contribution is 5.64. The maximum atomic E-state index is 10.4. The zero-order valence-corrected chi connectivity index (χ0v) is 13.7. The third-order valence-corrected chi connectivity index (χ3v) is 4.15. The maximum Gasteiger partial charge on any atom is 0.324 e. The first-order valence-electron chi connectivity index (χ1n) is 7.74. The average Bonchev–Trinajstić information content (AvgIpc) is 2.55. The van der Waals surface area contributed by atoms with E-state index in [9.17, 15) is 30.3 Å². The van der Waals surface area contributed by atoms with Gasteiger partial charge in [-0.25, -0.2) is 0 Å². The SMILES string of the molecule is CCC1CCCCC1N.O=[N+]([O-])c1cc([N+](=O)[O-])c(O)c([N+](=O)[O-])c1. The quantitative estimate of drug-likeness (QED) is 0.610. The van der Waals surface area contributed by atoms with Crippen molar-refractivity contribution in [3.8, 4) is 5.75 Å². The maximum absolute atomic E-state index is 10.4. The highest BCUT2D eigenvalue weighted by Crippen LogP contribution is 2.38. The molecule has 2 rings (SSSR count). The van der Waals surface area contributed by atoms with Crippen LogP contribution in [0.15, 0.2) is 12.1 Å². The Hall–Kier alpha value is -2.82. The van der Waals surface area contributed by atoms with Crippen LogP contribution in [0.5, 0.6) is 5.75 Å². The summed E-state index contributed by atoms with van der Waals surface area (Å²) in [6.45, 7) is 2.25. The number of nitrogens with zero attached hydrogens (tertiary/aromatic N) is 3. The lowest BCUT2D eigenvalue weighted by molar-refractivity contribution is -0.404. The van der Waals surface area contributed by atoms with Crippen molar-refractivity contribution in [1.82, 2.24) is 0 Å². The molecule has 138 valence electrons. The molecular formula is C14H20N4O7. The van der Waals surface area contributed by atoms with Crippen LogP contribution in [0.2, 0.25) is 0 Å². The van der Waals surface area contributed by atoms with Crippen LogP contribution in [-0.4, -0.2) is 25.9 Å². The molecule has 11 nitrogen and oxygen atoms in total. The first kappa shape index (κ1) is 20.2. The molecule has 0 amide bonds. The molecule has 1 aromatic rings. The van der Waals surface area contributed by atoms with E-state index in [0.29, 0.717) is 18.2 Å². The monoisotopic (exact) mass is 356 g/mol. The second-order valence-electron chi connectivity index (χ2n) is 5.72. The van der Waals surface area contributed by atoms with Crippen molar-refractivity contribution in [3.05, 3.63) is 42.5 Å². The van der Waals surface area contributed by atoms with Gasteiger partial charge >= 0.3 is 11.4 Å². The Morgan fingerprint density at radius 3 is 1.84 bits per heavy atom. The van der Waals surface area contributed by atoms with Crippen LogP contribution < -0.4 is 5.73 Å². The Morgan fingerprint density at radius 2 is 1.52 bits per heavy atom. The fourth-order valence-electron chi connectivity index (χ4n) is 2.72. The number of nitro benzene ring substituents is 3. The zero-order chi connectivity index (χ0) is 19.1. The topological polar surface area (TPSA) is 176 Å². The number of hydrogen-bond acceptors (Lipinski definition) is 8. The summed E-state index contributed by atoms with van der Waals surface area (Å²) in [4.78, 5) is 27.8. The second kappa shape index (κ2) is 8.87. The van der Waals surface area contributed by atoms with Gasteiger partial charge in [-0.1, -0.05) is 26.2 Å². The van der Waals surface area contributed by atoms with Crippen molar-refractivity contribution in [1.29, 1.82) is 0 Å². The van der Waals surface area contributed by atoms with Crippen molar-refractivity contribution in [2.45, 2.75) is 45.1 Å². The van der Waals surface area contributed by atoms with E-state index in [0.717, 1.165) is 5.92 Å². The van der Waals surface area contributed by atoms with E-state index in [2.05, 4.69) is 6.92 Å². The highest BCUT2D eigenvalue weighted by atomic mass is 16.6. The molecule has 0 aromatic heterocycles. The number of aromatic hydroxyl groups is 1. The summed E-state index contributed by atoms with van der Waals surface area (Å²) < 4.78 is 0. The van der Waals surface area contributed by atoms with Gasteiger partial charge in [-0.15, -0.1) is 0 Å². The van der Waals surface area contributed by atoms with Gasteiger partial charge in [0, 0.05) is 6.04 Å². The highest BCUT2D eigenvalue weighted by Gasteiger charge is 2.30. The molecule has 2 unspecified atom stereocenters. The van der Waals surface area contributed by atoms with Gasteiger partial charge in [0.1, 0.15) is 0 Å². The summed E-state index contributed by atoms with van der Waals surface area (Å²) in [7, 11) is 0. The lowest BCUT2D eigenvalue weighted by Crippen LogP contribution is -2.32. The molecule has 0 heterocycles. The molecule has 0 bridgehead atoms. The Balaban J connectivity index is 0.000000293. The van der Waals surface area contributed by atoms with Crippen LogP contribution in [-0.2, 0) is 0 Å². The van der Waals surface area contributed by atoms with Gasteiger partial charge in [0.2, 0.25) is 0 Å². The van der Waals surface area contributed by atoms with Crippen molar-refractivity contribution in [2.24, 2.45) is 11.7 Å². The number of nitrogens with two attached hydrogens (primary N) is 1. The summed E-state index contributed by atoms with van der Waals surface area (Å²) in [5, 5.41) is 40.2. The third-order valence-electron chi connectivity index (χ3n) is 4.15. The van der Waals surface area contributed by atoms with Crippen molar-refractivity contribution in [3.63, 3.8) is 0 Å². The second-order valence-corrected chi connectivity index (χ2v) is 5.72. The van der Waals surface area contributed by atoms with E-state index in [1.807, 2.05) is 0 Å². The molecular weight excluding hydrogens is 336 g/mol. The number of phenols is 1. The van der Waals surface area contributed by atoms with Gasteiger partial charge in [-0.2, -0.15) is 0 Å². The molecule has 25 heavy (non-hydrogen) atoms. The van der Waals surface area contributed by atoms with E-state index < -0.39 is 37.6 Å². The fraction of sp³-hybridized carbons (Fsp3) is 0.571. The van der Waals surface area contributed by atoms with Crippen LogP contribution in [0.1, 0.15) is 39.0 Å². The summed E-state index contributed by atoms with van der Waals surface area (Å²) in [5.41, 5.74) is 2.89. The van der Waals surface area contributed by atoms with Crippen molar-refractivity contribution < 1.29 is 19.9 Å². The zero-order valence-electron chi connectivity index (χ0n) is 13.7. The summed E-state index contributed by atoms with van der Waals surface area (Å²) in [6, 6.07) is 1.41. The molecule has 0 radical (unpaired) electrons. The Morgan fingerprint density at radius 1 is 1.04 bits per heavy atom. The molecule has 3 N–H and O–H groups in total. The largest absolute Gasteiger partial charge is 0.497 e. The van der Waals surface area contributed by atoms with Gasteiger partial charge in [-0.3, -0.25) is 30.3 Å². The number of non-ortho nitro benzene ring substituents is 1. The van der Waals surface area contributed by atoms with Crippen molar-refractivity contribution in [2.75, 3.05) is 0 Å². The lowest BCUT2D eigenvalue weighted by atomic mass is 9.84. The minimum atomic E-state index is -1.21. The Labute approximate surface area is 142 Å². The van der Waals surface area contributed by atoms with Crippen LogP contribution in [0, 0.1) is 36.3 Å². The standard InChI is InChI=1S/C8H17N.C6H3N3O7/c1-2-7-5-3-4-6-8(7)9;10-6-4(8(13)14)1-3(7(11)12)2-5(6)9(15)16/h7-8H,2-6,9H2,1H3;1-2,10H. The fourth-order valence-corrected chi connectivity index (χ4v) is 2.72.